The lowest BCUT2D eigenvalue weighted by atomic mass is 9.96. The highest BCUT2D eigenvalue weighted by atomic mass is 16.3. The first-order chi connectivity index (χ1) is 9.58. The van der Waals surface area contributed by atoms with E-state index < -0.39 is 12.2 Å². The molecule has 0 aliphatic carbocycles. The fraction of sp³-hybridized carbons (Fsp3) is 0.562. The summed E-state index contributed by atoms with van der Waals surface area (Å²) in [5, 5.41) is 22.5. The van der Waals surface area contributed by atoms with Gasteiger partial charge in [0.15, 0.2) is 0 Å². The Morgan fingerprint density at radius 3 is 2.30 bits per heavy atom. The highest BCUT2D eigenvalue weighted by molar-refractivity contribution is 5.76. The molecule has 112 valence electrons. The van der Waals surface area contributed by atoms with E-state index >= 15 is 0 Å². The Hall–Kier alpha value is -1.39. The SMILES string of the molecule is CCC(CC)C(O)CNC(=O)CC(O)c1ccccc1. The Morgan fingerprint density at radius 1 is 1.15 bits per heavy atom. The summed E-state index contributed by atoms with van der Waals surface area (Å²) in [6.07, 6.45) is 0.462. The summed E-state index contributed by atoms with van der Waals surface area (Å²) in [4.78, 5) is 11.7. The number of aliphatic hydroxyl groups is 2. The van der Waals surface area contributed by atoms with Crippen LogP contribution >= 0.6 is 0 Å². The van der Waals surface area contributed by atoms with E-state index in [4.69, 9.17) is 0 Å². The number of nitrogens with one attached hydrogen (secondary N) is 1. The summed E-state index contributed by atoms with van der Waals surface area (Å²) in [5.41, 5.74) is 0.725. The van der Waals surface area contributed by atoms with Gasteiger partial charge in [0, 0.05) is 6.54 Å². The van der Waals surface area contributed by atoms with Crippen LogP contribution in [0.25, 0.3) is 0 Å². The van der Waals surface area contributed by atoms with Gasteiger partial charge in [-0.3, -0.25) is 4.79 Å². The first-order valence-electron chi connectivity index (χ1n) is 7.26. The molecule has 0 fully saturated rings. The summed E-state index contributed by atoms with van der Waals surface area (Å²) in [6.45, 7) is 4.30. The monoisotopic (exact) mass is 279 g/mol. The smallest absolute Gasteiger partial charge is 0.223 e. The summed E-state index contributed by atoms with van der Waals surface area (Å²) in [6, 6.07) is 9.09. The Bertz CT molecular complexity index is 390. The molecule has 0 aromatic heterocycles. The molecule has 3 N–H and O–H groups in total. The second kappa shape index (κ2) is 8.72. The molecule has 1 aromatic rings. The highest BCUT2D eigenvalue weighted by Gasteiger charge is 2.17. The fourth-order valence-electron chi connectivity index (χ4n) is 2.26. The molecular formula is C16H25NO3. The van der Waals surface area contributed by atoms with Gasteiger partial charge >= 0.3 is 0 Å². The predicted molar refractivity (Wildman–Crippen MR) is 79.1 cm³/mol. The van der Waals surface area contributed by atoms with Crippen molar-refractivity contribution in [3.05, 3.63) is 35.9 Å². The van der Waals surface area contributed by atoms with E-state index in [1.54, 1.807) is 12.1 Å². The topological polar surface area (TPSA) is 69.6 Å². The third-order valence-electron chi connectivity index (χ3n) is 3.66. The second-order valence-electron chi connectivity index (χ2n) is 5.08. The summed E-state index contributed by atoms with van der Waals surface area (Å²) in [5.74, 6) is -0.0410. The van der Waals surface area contributed by atoms with E-state index in [2.05, 4.69) is 5.32 Å². The third-order valence-corrected chi connectivity index (χ3v) is 3.66. The summed E-state index contributed by atoms with van der Waals surface area (Å²) < 4.78 is 0. The van der Waals surface area contributed by atoms with Crippen molar-refractivity contribution in [2.75, 3.05) is 6.54 Å². The van der Waals surface area contributed by atoms with Gasteiger partial charge in [0.25, 0.3) is 0 Å². The molecule has 0 saturated heterocycles. The lowest BCUT2D eigenvalue weighted by Crippen LogP contribution is -2.36. The summed E-state index contributed by atoms with van der Waals surface area (Å²) in [7, 11) is 0. The van der Waals surface area contributed by atoms with Crippen molar-refractivity contribution >= 4 is 5.91 Å². The minimum atomic E-state index is -0.804. The van der Waals surface area contributed by atoms with E-state index in [0.717, 1.165) is 18.4 Å². The molecule has 0 spiro atoms. The van der Waals surface area contributed by atoms with Gasteiger partial charge in [-0.2, -0.15) is 0 Å². The number of amides is 1. The van der Waals surface area contributed by atoms with Crippen LogP contribution in [0.15, 0.2) is 30.3 Å². The van der Waals surface area contributed by atoms with Gasteiger partial charge in [-0.1, -0.05) is 57.0 Å². The van der Waals surface area contributed by atoms with Crippen molar-refractivity contribution in [1.82, 2.24) is 5.32 Å². The maximum Gasteiger partial charge on any atom is 0.223 e. The number of carbonyl (C=O) groups is 1. The summed E-state index contributed by atoms with van der Waals surface area (Å²) >= 11 is 0. The van der Waals surface area contributed by atoms with E-state index in [1.165, 1.54) is 0 Å². The van der Waals surface area contributed by atoms with Crippen LogP contribution in [-0.4, -0.2) is 28.8 Å². The average molecular weight is 279 g/mol. The van der Waals surface area contributed by atoms with Crippen LogP contribution in [0.5, 0.6) is 0 Å². The van der Waals surface area contributed by atoms with Crippen molar-refractivity contribution in [1.29, 1.82) is 0 Å². The van der Waals surface area contributed by atoms with Gasteiger partial charge in [-0.25, -0.2) is 0 Å². The number of carbonyl (C=O) groups excluding carboxylic acids is 1. The molecule has 0 heterocycles. The van der Waals surface area contributed by atoms with Crippen molar-refractivity contribution in [2.45, 2.75) is 45.3 Å². The van der Waals surface area contributed by atoms with Crippen LogP contribution in [0.2, 0.25) is 0 Å². The molecular weight excluding hydrogens is 254 g/mol. The normalized spacial score (nSPS) is 14.1. The molecule has 0 radical (unpaired) electrons. The van der Waals surface area contributed by atoms with E-state index in [0.29, 0.717) is 0 Å². The van der Waals surface area contributed by atoms with Crippen molar-refractivity contribution in [3.8, 4) is 0 Å². The van der Waals surface area contributed by atoms with E-state index in [-0.39, 0.29) is 24.8 Å². The van der Waals surface area contributed by atoms with Gasteiger partial charge in [0.05, 0.1) is 18.6 Å². The zero-order chi connectivity index (χ0) is 15.0. The quantitative estimate of drug-likeness (QED) is 0.682. The Morgan fingerprint density at radius 2 is 1.75 bits per heavy atom. The second-order valence-corrected chi connectivity index (χ2v) is 5.08. The van der Waals surface area contributed by atoms with Crippen molar-refractivity contribution < 1.29 is 15.0 Å². The van der Waals surface area contributed by atoms with Crippen molar-refractivity contribution in [3.63, 3.8) is 0 Å². The molecule has 2 atom stereocenters. The van der Waals surface area contributed by atoms with Crippen LogP contribution in [-0.2, 0) is 4.79 Å². The number of benzene rings is 1. The average Bonchev–Trinajstić information content (AvgIpc) is 2.47. The molecule has 1 aromatic carbocycles. The minimum absolute atomic E-state index is 0.0135. The van der Waals surface area contributed by atoms with Crippen LogP contribution in [0.3, 0.4) is 0 Å². The standard InChI is InChI=1S/C16H25NO3/c1-3-12(4-2)15(19)11-17-16(20)10-14(18)13-8-6-5-7-9-13/h5-9,12,14-15,18-19H,3-4,10-11H2,1-2H3,(H,17,20). The molecule has 0 bridgehead atoms. The van der Waals surface area contributed by atoms with Gasteiger partial charge < -0.3 is 15.5 Å². The zero-order valence-electron chi connectivity index (χ0n) is 12.2. The molecule has 2 unspecified atom stereocenters. The molecule has 20 heavy (non-hydrogen) atoms. The van der Waals surface area contributed by atoms with Crippen LogP contribution in [0.1, 0.15) is 44.8 Å². The Labute approximate surface area is 120 Å². The maximum absolute atomic E-state index is 11.7. The number of aliphatic hydroxyl groups excluding tert-OH is 2. The van der Waals surface area contributed by atoms with Gasteiger partial charge in [-0.05, 0) is 11.5 Å². The van der Waals surface area contributed by atoms with Crippen LogP contribution in [0.4, 0.5) is 0 Å². The maximum atomic E-state index is 11.7. The molecule has 4 nitrogen and oxygen atoms in total. The Kier molecular flexibility index (Phi) is 7.26. The van der Waals surface area contributed by atoms with Crippen molar-refractivity contribution in [2.24, 2.45) is 5.92 Å². The molecule has 1 amide bonds. The predicted octanol–water partition coefficient (Wildman–Crippen LogP) is 2.02. The molecule has 0 aliphatic heterocycles. The molecule has 0 saturated carbocycles. The number of hydrogen-bond donors (Lipinski definition) is 3. The van der Waals surface area contributed by atoms with E-state index in [1.807, 2.05) is 32.0 Å². The molecule has 1 rings (SSSR count). The lowest BCUT2D eigenvalue weighted by molar-refractivity contribution is -0.123. The highest BCUT2D eigenvalue weighted by Crippen LogP contribution is 2.16. The first-order valence-corrected chi connectivity index (χ1v) is 7.26. The Balaban J connectivity index is 2.37. The van der Waals surface area contributed by atoms with Gasteiger partial charge in [0.1, 0.15) is 0 Å². The molecule has 0 aliphatic rings. The van der Waals surface area contributed by atoms with Gasteiger partial charge in [-0.15, -0.1) is 0 Å². The van der Waals surface area contributed by atoms with E-state index in [9.17, 15) is 15.0 Å². The minimum Gasteiger partial charge on any atom is -0.391 e. The first kappa shape index (κ1) is 16.7. The number of hydrogen-bond acceptors (Lipinski definition) is 3. The van der Waals surface area contributed by atoms with Crippen LogP contribution in [0, 0.1) is 5.92 Å². The fourth-order valence-corrected chi connectivity index (χ4v) is 2.26. The molecule has 4 heteroatoms. The third kappa shape index (κ3) is 5.31. The van der Waals surface area contributed by atoms with Crippen LogP contribution < -0.4 is 5.32 Å². The largest absolute Gasteiger partial charge is 0.391 e. The number of rotatable bonds is 8. The zero-order valence-corrected chi connectivity index (χ0v) is 12.2. The van der Waals surface area contributed by atoms with Gasteiger partial charge in [0.2, 0.25) is 5.91 Å². The lowest BCUT2D eigenvalue weighted by Gasteiger charge is -2.20.